The van der Waals surface area contributed by atoms with Crippen LogP contribution in [0, 0.1) is 0 Å². The summed E-state index contributed by atoms with van der Waals surface area (Å²) in [5.41, 5.74) is 1.74. The van der Waals surface area contributed by atoms with Crippen molar-refractivity contribution in [3.8, 4) is 11.5 Å². The van der Waals surface area contributed by atoms with E-state index in [0.29, 0.717) is 29.7 Å². The first-order chi connectivity index (χ1) is 10.0. The SMILES string of the molecule is Clc1cc2c(cc1C(Cl)c1cc(Br)cc(Br)c1)OCCO2. The van der Waals surface area contributed by atoms with Gasteiger partial charge in [0.25, 0.3) is 0 Å². The number of benzene rings is 2. The molecule has 110 valence electrons. The van der Waals surface area contributed by atoms with Crippen molar-refractivity contribution in [3.05, 3.63) is 55.4 Å². The third kappa shape index (κ3) is 3.34. The zero-order valence-electron chi connectivity index (χ0n) is 10.7. The molecule has 21 heavy (non-hydrogen) atoms. The van der Waals surface area contributed by atoms with Crippen LogP contribution in [0.1, 0.15) is 16.5 Å². The summed E-state index contributed by atoms with van der Waals surface area (Å²) in [7, 11) is 0. The van der Waals surface area contributed by atoms with Gasteiger partial charge in [0.1, 0.15) is 13.2 Å². The molecule has 1 aliphatic rings. The number of rotatable bonds is 2. The van der Waals surface area contributed by atoms with Crippen LogP contribution in [0.5, 0.6) is 11.5 Å². The molecule has 0 amide bonds. The Bertz CT molecular complexity index is 671. The van der Waals surface area contributed by atoms with Crippen molar-refractivity contribution in [2.75, 3.05) is 13.2 Å². The molecule has 0 radical (unpaired) electrons. The molecular weight excluding hydrogens is 443 g/mol. The molecule has 1 aliphatic heterocycles. The highest BCUT2D eigenvalue weighted by atomic mass is 79.9. The van der Waals surface area contributed by atoms with Crippen molar-refractivity contribution in [1.29, 1.82) is 0 Å². The van der Waals surface area contributed by atoms with Crippen LogP contribution in [0.25, 0.3) is 0 Å². The van der Waals surface area contributed by atoms with E-state index in [2.05, 4.69) is 31.9 Å². The number of alkyl halides is 1. The van der Waals surface area contributed by atoms with Crippen molar-refractivity contribution in [1.82, 2.24) is 0 Å². The summed E-state index contributed by atoms with van der Waals surface area (Å²) >= 11 is 19.9. The van der Waals surface area contributed by atoms with Gasteiger partial charge >= 0.3 is 0 Å². The fourth-order valence-corrected chi connectivity index (χ4v) is 4.13. The minimum atomic E-state index is -0.373. The molecule has 0 N–H and O–H groups in total. The molecule has 3 rings (SSSR count). The van der Waals surface area contributed by atoms with Crippen LogP contribution < -0.4 is 9.47 Å². The molecule has 1 atom stereocenters. The van der Waals surface area contributed by atoms with Crippen LogP contribution in [0.15, 0.2) is 39.3 Å². The van der Waals surface area contributed by atoms with Crippen molar-refractivity contribution >= 4 is 55.1 Å². The molecule has 0 aliphatic carbocycles. The van der Waals surface area contributed by atoms with E-state index < -0.39 is 0 Å². The Morgan fingerprint density at radius 2 is 1.48 bits per heavy atom. The average molecular weight is 453 g/mol. The quantitative estimate of drug-likeness (QED) is 0.523. The Morgan fingerprint density at radius 3 is 2.10 bits per heavy atom. The topological polar surface area (TPSA) is 18.5 Å². The maximum atomic E-state index is 6.60. The van der Waals surface area contributed by atoms with E-state index >= 15 is 0 Å². The number of ether oxygens (including phenoxy) is 2. The van der Waals surface area contributed by atoms with E-state index in [-0.39, 0.29) is 5.38 Å². The number of hydrogen-bond donors (Lipinski definition) is 0. The summed E-state index contributed by atoms with van der Waals surface area (Å²) in [6.45, 7) is 1.06. The molecule has 0 fully saturated rings. The molecule has 0 bridgehead atoms. The Labute approximate surface area is 149 Å². The summed E-state index contributed by atoms with van der Waals surface area (Å²) in [5, 5.41) is 0.192. The Hall–Kier alpha value is -0.420. The van der Waals surface area contributed by atoms with Gasteiger partial charge in [-0.2, -0.15) is 0 Å². The molecule has 2 nitrogen and oxygen atoms in total. The molecule has 1 unspecified atom stereocenters. The third-order valence-electron chi connectivity index (χ3n) is 3.11. The summed E-state index contributed by atoms with van der Waals surface area (Å²) in [4.78, 5) is 0. The molecule has 0 saturated heterocycles. The molecule has 1 heterocycles. The highest BCUT2D eigenvalue weighted by molar-refractivity contribution is 9.11. The summed E-state index contributed by atoms with van der Waals surface area (Å²) < 4.78 is 13.0. The highest BCUT2D eigenvalue weighted by Gasteiger charge is 2.21. The third-order valence-corrected chi connectivity index (χ3v) is 4.84. The van der Waals surface area contributed by atoms with E-state index in [1.807, 2.05) is 24.3 Å². The van der Waals surface area contributed by atoms with Gasteiger partial charge < -0.3 is 9.47 Å². The molecule has 0 saturated carbocycles. The Kier molecular flexibility index (Phi) is 4.69. The van der Waals surface area contributed by atoms with Gasteiger partial charge in [-0.25, -0.2) is 0 Å². The second-order valence-electron chi connectivity index (χ2n) is 4.58. The number of hydrogen-bond acceptors (Lipinski definition) is 2. The lowest BCUT2D eigenvalue weighted by Crippen LogP contribution is -2.15. The van der Waals surface area contributed by atoms with Gasteiger partial charge in [0.15, 0.2) is 11.5 Å². The van der Waals surface area contributed by atoms with Crippen molar-refractivity contribution in [3.63, 3.8) is 0 Å². The second-order valence-corrected chi connectivity index (χ2v) is 7.26. The van der Waals surface area contributed by atoms with Crippen LogP contribution in [0.4, 0.5) is 0 Å². The van der Waals surface area contributed by atoms with E-state index in [1.54, 1.807) is 6.07 Å². The maximum Gasteiger partial charge on any atom is 0.162 e. The molecule has 0 spiro atoms. The van der Waals surface area contributed by atoms with E-state index in [1.165, 1.54) is 0 Å². The van der Waals surface area contributed by atoms with Gasteiger partial charge in [-0.05, 0) is 35.4 Å². The molecule has 6 heteroatoms. The summed E-state index contributed by atoms with van der Waals surface area (Å²) in [6.07, 6.45) is 0. The Morgan fingerprint density at radius 1 is 0.905 bits per heavy atom. The standard InChI is InChI=1S/C15H10Br2Cl2O2/c16-9-3-8(4-10(17)5-9)15(19)11-6-13-14(7-12(11)18)21-2-1-20-13/h3-7,15H,1-2H2. The van der Waals surface area contributed by atoms with E-state index in [0.717, 1.165) is 20.1 Å². The van der Waals surface area contributed by atoms with Crippen LogP contribution in [0.2, 0.25) is 5.02 Å². The average Bonchev–Trinajstić information content (AvgIpc) is 2.44. The molecule has 2 aromatic carbocycles. The predicted molar refractivity (Wildman–Crippen MR) is 92.0 cm³/mol. The van der Waals surface area contributed by atoms with Crippen molar-refractivity contribution in [2.24, 2.45) is 0 Å². The zero-order chi connectivity index (χ0) is 15.0. The first kappa shape index (κ1) is 15.5. The molecular formula is C15H10Br2Cl2O2. The van der Waals surface area contributed by atoms with Crippen LogP contribution >= 0.6 is 55.1 Å². The lowest BCUT2D eigenvalue weighted by Gasteiger charge is -2.21. The molecule has 0 aromatic heterocycles. The van der Waals surface area contributed by atoms with Crippen LogP contribution in [-0.2, 0) is 0 Å². The van der Waals surface area contributed by atoms with Gasteiger partial charge in [0, 0.05) is 20.0 Å². The number of halogens is 4. The van der Waals surface area contributed by atoms with Crippen LogP contribution in [-0.4, -0.2) is 13.2 Å². The second kappa shape index (κ2) is 6.37. The normalized spacial score (nSPS) is 14.9. The first-order valence-corrected chi connectivity index (χ1v) is 8.64. The predicted octanol–water partition coefficient (Wildman–Crippen LogP) is 5.96. The van der Waals surface area contributed by atoms with Crippen LogP contribution in [0.3, 0.4) is 0 Å². The summed E-state index contributed by atoms with van der Waals surface area (Å²) in [6, 6.07) is 9.50. The van der Waals surface area contributed by atoms with Crippen molar-refractivity contribution < 1.29 is 9.47 Å². The van der Waals surface area contributed by atoms with Gasteiger partial charge in [-0.1, -0.05) is 43.5 Å². The monoisotopic (exact) mass is 450 g/mol. The lowest BCUT2D eigenvalue weighted by molar-refractivity contribution is 0.171. The van der Waals surface area contributed by atoms with Gasteiger partial charge in [0.05, 0.1) is 5.38 Å². The zero-order valence-corrected chi connectivity index (χ0v) is 15.4. The van der Waals surface area contributed by atoms with Gasteiger partial charge in [-0.3, -0.25) is 0 Å². The summed E-state index contributed by atoms with van der Waals surface area (Å²) in [5.74, 6) is 1.34. The van der Waals surface area contributed by atoms with Gasteiger partial charge in [0.2, 0.25) is 0 Å². The minimum Gasteiger partial charge on any atom is -0.486 e. The highest BCUT2D eigenvalue weighted by Crippen LogP contribution is 2.42. The molecule has 2 aromatic rings. The lowest BCUT2D eigenvalue weighted by atomic mass is 10.0. The largest absolute Gasteiger partial charge is 0.486 e. The van der Waals surface area contributed by atoms with E-state index in [9.17, 15) is 0 Å². The van der Waals surface area contributed by atoms with Crippen molar-refractivity contribution in [2.45, 2.75) is 5.38 Å². The maximum absolute atomic E-state index is 6.60. The van der Waals surface area contributed by atoms with E-state index in [4.69, 9.17) is 32.7 Å². The van der Waals surface area contributed by atoms with Gasteiger partial charge in [-0.15, -0.1) is 11.6 Å². The first-order valence-electron chi connectivity index (χ1n) is 6.23. The minimum absolute atomic E-state index is 0.373. The Balaban J connectivity index is 2.02. The fourth-order valence-electron chi connectivity index (χ4n) is 2.17. The smallest absolute Gasteiger partial charge is 0.162 e. The number of fused-ring (bicyclic) bond motifs is 1. The fraction of sp³-hybridized carbons (Fsp3) is 0.200.